The Balaban J connectivity index is 2.07. The number of hydrazone groups is 1. The fourth-order valence-electron chi connectivity index (χ4n) is 2.25. The summed E-state index contributed by atoms with van der Waals surface area (Å²) in [5.41, 5.74) is 15.0. The normalized spacial score (nSPS) is 12.1. The molecule has 26 heavy (non-hydrogen) atoms. The Kier molecular flexibility index (Phi) is 7.37. The third kappa shape index (κ3) is 5.41. The van der Waals surface area contributed by atoms with Gasteiger partial charge in [0.15, 0.2) is 0 Å². The molecule has 0 aliphatic carbocycles. The fourth-order valence-corrected chi connectivity index (χ4v) is 2.61. The molecule has 0 amide bonds. The van der Waals surface area contributed by atoms with E-state index < -0.39 is 0 Å². The Labute approximate surface area is 165 Å². The maximum atomic E-state index is 6.17. The SMILES string of the molecule is C/C=C(NNc1ccc(C)c(Cl)c1)/C(CC)=N/Nc1ccc(C)c(Cl)c1. The molecule has 6 heteroatoms. The van der Waals surface area contributed by atoms with Crippen molar-refractivity contribution in [1.82, 2.24) is 5.43 Å². The number of nitrogens with zero attached hydrogens (tertiary/aromatic N) is 1. The Bertz CT molecular complexity index is 829. The number of hydrogen-bond donors (Lipinski definition) is 3. The number of hydrazine groups is 1. The van der Waals surface area contributed by atoms with Crippen LogP contribution in [0, 0.1) is 13.8 Å². The first kappa shape index (κ1) is 20.1. The zero-order chi connectivity index (χ0) is 19.1. The Morgan fingerprint density at radius 3 is 2.12 bits per heavy atom. The Hall–Kier alpha value is -2.17. The van der Waals surface area contributed by atoms with Crippen LogP contribution in [0.15, 0.2) is 53.3 Å². The minimum Gasteiger partial charge on any atom is -0.301 e. The highest BCUT2D eigenvalue weighted by Crippen LogP contribution is 2.21. The van der Waals surface area contributed by atoms with E-state index in [9.17, 15) is 0 Å². The summed E-state index contributed by atoms with van der Waals surface area (Å²) in [4.78, 5) is 0. The van der Waals surface area contributed by atoms with Crippen molar-refractivity contribution in [3.05, 3.63) is 69.3 Å². The summed E-state index contributed by atoms with van der Waals surface area (Å²) < 4.78 is 0. The zero-order valence-electron chi connectivity index (χ0n) is 15.5. The first-order valence-electron chi connectivity index (χ1n) is 8.48. The van der Waals surface area contributed by atoms with Gasteiger partial charge >= 0.3 is 0 Å². The van der Waals surface area contributed by atoms with Gasteiger partial charge in [-0.05, 0) is 62.6 Å². The van der Waals surface area contributed by atoms with Crippen molar-refractivity contribution in [3.8, 4) is 0 Å². The minimum absolute atomic E-state index is 0.713. The summed E-state index contributed by atoms with van der Waals surface area (Å²) in [6.45, 7) is 7.95. The van der Waals surface area contributed by atoms with Crippen LogP contribution >= 0.6 is 23.2 Å². The van der Waals surface area contributed by atoms with E-state index >= 15 is 0 Å². The van der Waals surface area contributed by atoms with Crippen molar-refractivity contribution < 1.29 is 0 Å². The number of allylic oxidation sites excluding steroid dienone is 2. The van der Waals surface area contributed by atoms with Crippen LogP contribution in [-0.2, 0) is 0 Å². The second kappa shape index (κ2) is 9.51. The summed E-state index contributed by atoms with van der Waals surface area (Å²) >= 11 is 12.3. The van der Waals surface area contributed by atoms with Crippen molar-refractivity contribution in [1.29, 1.82) is 0 Å². The van der Waals surface area contributed by atoms with Crippen LogP contribution in [0.2, 0.25) is 10.0 Å². The molecule has 0 spiro atoms. The monoisotopic (exact) mass is 390 g/mol. The second-order valence-corrected chi connectivity index (χ2v) is 6.72. The van der Waals surface area contributed by atoms with E-state index in [0.717, 1.165) is 45.4 Å². The molecule has 0 radical (unpaired) electrons. The number of nitrogens with one attached hydrogen (secondary N) is 3. The predicted molar refractivity (Wildman–Crippen MR) is 114 cm³/mol. The molecule has 2 aromatic rings. The van der Waals surface area contributed by atoms with E-state index in [1.165, 1.54) is 0 Å². The third-order valence-electron chi connectivity index (χ3n) is 3.94. The van der Waals surface area contributed by atoms with E-state index in [0.29, 0.717) is 5.02 Å². The predicted octanol–water partition coefficient (Wildman–Crippen LogP) is 6.31. The van der Waals surface area contributed by atoms with E-state index in [2.05, 4.69) is 28.3 Å². The molecule has 0 aliphatic heterocycles. The lowest BCUT2D eigenvalue weighted by Gasteiger charge is -2.15. The van der Waals surface area contributed by atoms with Crippen LogP contribution in [0.1, 0.15) is 31.4 Å². The third-order valence-corrected chi connectivity index (χ3v) is 4.75. The molecule has 0 bridgehead atoms. The van der Waals surface area contributed by atoms with Gasteiger partial charge in [-0.2, -0.15) is 5.10 Å². The maximum absolute atomic E-state index is 6.17. The average molecular weight is 391 g/mol. The highest BCUT2D eigenvalue weighted by atomic mass is 35.5. The Morgan fingerprint density at radius 2 is 1.58 bits per heavy atom. The summed E-state index contributed by atoms with van der Waals surface area (Å²) in [5, 5.41) is 5.95. The van der Waals surface area contributed by atoms with Crippen molar-refractivity contribution in [2.45, 2.75) is 34.1 Å². The molecule has 0 aromatic heterocycles. The lowest BCUT2D eigenvalue weighted by molar-refractivity contribution is 0.991. The number of halogens is 2. The smallest absolute Gasteiger partial charge is 0.0849 e. The van der Waals surface area contributed by atoms with Gasteiger partial charge in [0.05, 0.1) is 22.8 Å². The standard InChI is InChI=1S/C20H24Cl2N4/c1-5-19(25-23-15-9-7-13(3)17(21)11-15)20(6-2)26-24-16-10-8-14(4)18(22)12-16/h5,7-12,23-25H,6H2,1-4H3/b19-5-,26-20+. The van der Waals surface area contributed by atoms with E-state index in [4.69, 9.17) is 23.2 Å². The lowest BCUT2D eigenvalue weighted by atomic mass is 10.2. The Morgan fingerprint density at radius 1 is 1.00 bits per heavy atom. The van der Waals surface area contributed by atoms with E-state index in [1.807, 2.05) is 63.2 Å². The van der Waals surface area contributed by atoms with Crippen LogP contribution in [0.5, 0.6) is 0 Å². The van der Waals surface area contributed by atoms with E-state index in [-0.39, 0.29) is 0 Å². The molecular weight excluding hydrogens is 367 g/mol. The molecule has 0 saturated heterocycles. The number of rotatable bonds is 7. The van der Waals surface area contributed by atoms with Crippen LogP contribution in [0.4, 0.5) is 11.4 Å². The van der Waals surface area contributed by atoms with Gasteiger partial charge in [0, 0.05) is 10.0 Å². The van der Waals surface area contributed by atoms with Gasteiger partial charge in [0.2, 0.25) is 0 Å². The van der Waals surface area contributed by atoms with Crippen molar-refractivity contribution >= 4 is 40.3 Å². The van der Waals surface area contributed by atoms with Crippen molar-refractivity contribution in [3.63, 3.8) is 0 Å². The quantitative estimate of drug-likeness (QED) is 0.383. The molecule has 0 heterocycles. The molecule has 3 N–H and O–H groups in total. The highest BCUT2D eigenvalue weighted by molar-refractivity contribution is 6.31. The number of hydrogen-bond acceptors (Lipinski definition) is 4. The molecule has 0 fully saturated rings. The molecule has 0 unspecified atom stereocenters. The fraction of sp³-hybridized carbons (Fsp3) is 0.250. The van der Waals surface area contributed by atoms with Crippen molar-refractivity contribution in [2.75, 3.05) is 10.9 Å². The molecule has 138 valence electrons. The molecule has 2 aromatic carbocycles. The largest absolute Gasteiger partial charge is 0.301 e. The van der Waals surface area contributed by atoms with Gasteiger partial charge in [-0.15, -0.1) is 0 Å². The van der Waals surface area contributed by atoms with Gasteiger partial charge in [-0.3, -0.25) is 10.9 Å². The summed E-state index contributed by atoms with van der Waals surface area (Å²) in [5.74, 6) is 0. The number of aryl methyl sites for hydroxylation is 2. The summed E-state index contributed by atoms with van der Waals surface area (Å²) in [6.07, 6.45) is 2.73. The van der Waals surface area contributed by atoms with Gasteiger partial charge in [0.1, 0.15) is 0 Å². The van der Waals surface area contributed by atoms with Gasteiger partial charge in [-0.25, -0.2) is 0 Å². The first-order chi connectivity index (χ1) is 12.4. The molecule has 0 aliphatic rings. The topological polar surface area (TPSA) is 48.5 Å². The number of benzene rings is 2. The average Bonchev–Trinajstić information content (AvgIpc) is 2.63. The van der Waals surface area contributed by atoms with Gasteiger partial charge < -0.3 is 5.43 Å². The minimum atomic E-state index is 0.713. The van der Waals surface area contributed by atoms with Crippen LogP contribution < -0.4 is 16.3 Å². The molecular formula is C20H24Cl2N4. The highest BCUT2D eigenvalue weighted by Gasteiger charge is 2.06. The van der Waals surface area contributed by atoms with Crippen LogP contribution in [0.3, 0.4) is 0 Å². The summed E-state index contributed by atoms with van der Waals surface area (Å²) in [6, 6.07) is 11.6. The number of anilines is 2. The summed E-state index contributed by atoms with van der Waals surface area (Å²) in [7, 11) is 0. The molecule has 0 atom stereocenters. The second-order valence-electron chi connectivity index (χ2n) is 5.90. The molecule has 0 saturated carbocycles. The zero-order valence-corrected chi connectivity index (χ0v) is 17.0. The van der Waals surface area contributed by atoms with Gasteiger partial charge in [-0.1, -0.05) is 48.3 Å². The van der Waals surface area contributed by atoms with Crippen molar-refractivity contribution in [2.24, 2.45) is 5.10 Å². The first-order valence-corrected chi connectivity index (χ1v) is 9.23. The van der Waals surface area contributed by atoms with Crippen LogP contribution in [0.25, 0.3) is 0 Å². The maximum Gasteiger partial charge on any atom is 0.0849 e. The van der Waals surface area contributed by atoms with Crippen LogP contribution in [-0.4, -0.2) is 5.71 Å². The van der Waals surface area contributed by atoms with Gasteiger partial charge in [0.25, 0.3) is 0 Å². The lowest BCUT2D eigenvalue weighted by Crippen LogP contribution is -2.26. The van der Waals surface area contributed by atoms with E-state index in [1.54, 1.807) is 0 Å². The molecule has 4 nitrogen and oxygen atoms in total. The molecule has 2 rings (SSSR count).